The van der Waals surface area contributed by atoms with E-state index in [1.54, 1.807) is 12.1 Å². The first kappa shape index (κ1) is 16.2. The molecule has 0 bridgehead atoms. The molecule has 0 amide bonds. The highest BCUT2D eigenvalue weighted by Gasteiger charge is 2.32. The van der Waals surface area contributed by atoms with Crippen LogP contribution >= 0.6 is 11.6 Å². The Bertz CT molecular complexity index is 513. The second-order valence-electron chi connectivity index (χ2n) is 6.43. The highest BCUT2D eigenvalue weighted by Crippen LogP contribution is 2.36. The molecule has 0 aromatic heterocycles. The molecule has 0 heterocycles. The molecule has 1 fully saturated rings. The number of carboxylic acid groups (broad SMARTS) is 1. The van der Waals surface area contributed by atoms with Gasteiger partial charge in [0.2, 0.25) is 0 Å². The summed E-state index contributed by atoms with van der Waals surface area (Å²) in [4.78, 5) is 11.0. The van der Waals surface area contributed by atoms with Gasteiger partial charge in [-0.2, -0.15) is 0 Å². The number of carbonyl (C=O) groups is 1. The number of carboxylic acids is 1. The van der Waals surface area contributed by atoms with Gasteiger partial charge in [-0.1, -0.05) is 38.8 Å². The molecule has 116 valence electrons. The van der Waals surface area contributed by atoms with Crippen LogP contribution in [-0.4, -0.2) is 17.2 Å². The van der Waals surface area contributed by atoms with Gasteiger partial charge in [-0.15, -0.1) is 0 Å². The molecule has 1 aromatic rings. The van der Waals surface area contributed by atoms with E-state index < -0.39 is 5.97 Å². The van der Waals surface area contributed by atoms with Gasteiger partial charge in [0.1, 0.15) is 11.9 Å². The van der Waals surface area contributed by atoms with Gasteiger partial charge in [0.15, 0.2) is 0 Å². The third-order valence-electron chi connectivity index (χ3n) is 4.42. The van der Waals surface area contributed by atoms with Crippen LogP contribution in [0.1, 0.15) is 50.4 Å². The van der Waals surface area contributed by atoms with Crippen molar-refractivity contribution in [1.82, 2.24) is 0 Å². The number of ether oxygens (including phenoxy) is 1. The van der Waals surface area contributed by atoms with Crippen LogP contribution in [0.3, 0.4) is 0 Å². The Kier molecular flexibility index (Phi) is 5.15. The molecule has 0 aliphatic heterocycles. The third kappa shape index (κ3) is 3.91. The Labute approximate surface area is 131 Å². The number of halogens is 1. The second kappa shape index (κ2) is 6.69. The smallest absolute Gasteiger partial charge is 0.337 e. The first-order valence-corrected chi connectivity index (χ1v) is 7.95. The van der Waals surface area contributed by atoms with Gasteiger partial charge in [-0.05, 0) is 48.8 Å². The average Bonchev–Trinajstić information content (AvgIpc) is 2.37. The quantitative estimate of drug-likeness (QED) is 0.862. The Balaban J connectivity index is 2.15. The van der Waals surface area contributed by atoms with E-state index in [1.165, 1.54) is 18.9 Å². The summed E-state index contributed by atoms with van der Waals surface area (Å²) < 4.78 is 6.14. The molecule has 1 aromatic carbocycles. The number of hydrogen-bond donors (Lipinski definition) is 1. The monoisotopic (exact) mass is 310 g/mol. The summed E-state index contributed by atoms with van der Waals surface area (Å²) in [7, 11) is 0. The molecule has 3 atom stereocenters. The first-order chi connectivity index (χ1) is 9.88. The molecule has 21 heavy (non-hydrogen) atoms. The van der Waals surface area contributed by atoms with Crippen LogP contribution in [0.5, 0.6) is 5.75 Å². The van der Waals surface area contributed by atoms with Crippen molar-refractivity contribution in [3.8, 4) is 5.75 Å². The van der Waals surface area contributed by atoms with Gasteiger partial charge >= 0.3 is 5.97 Å². The summed E-state index contributed by atoms with van der Waals surface area (Å²) in [6.07, 6.45) is 3.66. The van der Waals surface area contributed by atoms with Crippen molar-refractivity contribution in [2.75, 3.05) is 0 Å². The molecule has 0 spiro atoms. The molecule has 0 saturated heterocycles. The van der Waals surface area contributed by atoms with Crippen LogP contribution in [0, 0.1) is 17.8 Å². The normalized spacial score (nSPS) is 25.9. The molecular formula is C17H23ClO3. The molecule has 1 aliphatic rings. The highest BCUT2D eigenvalue weighted by molar-refractivity contribution is 6.33. The zero-order valence-corrected chi connectivity index (χ0v) is 13.6. The molecule has 3 nitrogen and oxygen atoms in total. The standard InChI is InChI=1S/C17H23ClO3/c1-10(2)13-6-4-11(3)8-16(13)21-12-5-7-14(17(19)20)15(18)9-12/h5,7,9-11,13,16H,4,6,8H2,1-3H3,(H,19,20). The van der Waals surface area contributed by atoms with Gasteiger partial charge in [-0.3, -0.25) is 0 Å². The van der Waals surface area contributed by atoms with E-state index >= 15 is 0 Å². The second-order valence-corrected chi connectivity index (χ2v) is 6.84. The van der Waals surface area contributed by atoms with Gasteiger partial charge in [-0.25, -0.2) is 4.79 Å². The van der Waals surface area contributed by atoms with Crippen molar-refractivity contribution in [3.05, 3.63) is 28.8 Å². The molecule has 0 radical (unpaired) electrons. The zero-order chi connectivity index (χ0) is 15.6. The maximum atomic E-state index is 11.0. The molecule has 1 aliphatic carbocycles. The predicted octanol–water partition coefficient (Wildman–Crippen LogP) is 4.88. The summed E-state index contributed by atoms with van der Waals surface area (Å²) in [6.45, 7) is 6.72. The fourth-order valence-corrected chi connectivity index (χ4v) is 3.42. The SMILES string of the molecule is CC1CCC(C(C)C)C(Oc2ccc(C(=O)O)c(Cl)c2)C1. The van der Waals surface area contributed by atoms with Crippen molar-refractivity contribution in [2.24, 2.45) is 17.8 Å². The molecule has 4 heteroatoms. The highest BCUT2D eigenvalue weighted by atomic mass is 35.5. The largest absolute Gasteiger partial charge is 0.490 e. The Hall–Kier alpha value is -1.22. The summed E-state index contributed by atoms with van der Waals surface area (Å²) in [5.41, 5.74) is 0.112. The molecular weight excluding hydrogens is 288 g/mol. The number of rotatable bonds is 4. The summed E-state index contributed by atoms with van der Waals surface area (Å²) in [5.74, 6) is 1.43. The molecule has 3 unspecified atom stereocenters. The predicted molar refractivity (Wildman–Crippen MR) is 84.2 cm³/mol. The van der Waals surface area contributed by atoms with Gasteiger partial charge < -0.3 is 9.84 Å². The van der Waals surface area contributed by atoms with Crippen LogP contribution in [0.25, 0.3) is 0 Å². The molecule has 1 saturated carbocycles. The van der Waals surface area contributed by atoms with Crippen LogP contribution < -0.4 is 4.74 Å². The van der Waals surface area contributed by atoms with Crippen molar-refractivity contribution >= 4 is 17.6 Å². The van der Waals surface area contributed by atoms with E-state index in [9.17, 15) is 4.79 Å². The minimum Gasteiger partial charge on any atom is -0.490 e. The van der Waals surface area contributed by atoms with Crippen molar-refractivity contribution in [2.45, 2.75) is 46.1 Å². The Morgan fingerprint density at radius 2 is 2.10 bits per heavy atom. The Morgan fingerprint density at radius 3 is 2.67 bits per heavy atom. The fraction of sp³-hybridized carbons (Fsp3) is 0.588. The van der Waals surface area contributed by atoms with Crippen molar-refractivity contribution in [1.29, 1.82) is 0 Å². The first-order valence-electron chi connectivity index (χ1n) is 7.58. The lowest BCUT2D eigenvalue weighted by atomic mass is 9.75. The third-order valence-corrected chi connectivity index (χ3v) is 4.73. The summed E-state index contributed by atoms with van der Waals surface area (Å²) >= 11 is 6.01. The number of benzene rings is 1. The molecule has 2 rings (SSSR count). The van der Waals surface area contributed by atoms with E-state index in [1.807, 2.05) is 0 Å². The van der Waals surface area contributed by atoms with Crippen LogP contribution in [0.4, 0.5) is 0 Å². The topological polar surface area (TPSA) is 46.5 Å². The van der Waals surface area contributed by atoms with E-state index in [4.69, 9.17) is 21.4 Å². The maximum Gasteiger partial charge on any atom is 0.337 e. The molecule has 1 N–H and O–H groups in total. The number of hydrogen-bond acceptors (Lipinski definition) is 2. The van der Waals surface area contributed by atoms with E-state index in [-0.39, 0.29) is 16.7 Å². The lowest BCUT2D eigenvalue weighted by molar-refractivity contribution is 0.0460. The average molecular weight is 311 g/mol. The van der Waals surface area contributed by atoms with Crippen molar-refractivity contribution < 1.29 is 14.6 Å². The van der Waals surface area contributed by atoms with E-state index in [0.717, 1.165) is 6.42 Å². The minimum absolute atomic E-state index is 0.112. The van der Waals surface area contributed by atoms with Gasteiger partial charge in [0.05, 0.1) is 10.6 Å². The van der Waals surface area contributed by atoms with Crippen LogP contribution in [0.15, 0.2) is 18.2 Å². The maximum absolute atomic E-state index is 11.0. The lowest BCUT2D eigenvalue weighted by Crippen LogP contribution is -2.36. The van der Waals surface area contributed by atoms with Crippen molar-refractivity contribution in [3.63, 3.8) is 0 Å². The zero-order valence-electron chi connectivity index (χ0n) is 12.8. The lowest BCUT2D eigenvalue weighted by Gasteiger charge is -2.37. The van der Waals surface area contributed by atoms with E-state index in [2.05, 4.69) is 20.8 Å². The fourth-order valence-electron chi connectivity index (χ4n) is 3.17. The van der Waals surface area contributed by atoms with Crippen LogP contribution in [0.2, 0.25) is 5.02 Å². The van der Waals surface area contributed by atoms with E-state index in [0.29, 0.717) is 23.5 Å². The number of aromatic carboxylic acids is 1. The summed E-state index contributed by atoms with van der Waals surface area (Å²) in [5, 5.41) is 9.23. The van der Waals surface area contributed by atoms with Crippen LogP contribution in [-0.2, 0) is 0 Å². The van der Waals surface area contributed by atoms with Gasteiger partial charge in [0, 0.05) is 0 Å². The van der Waals surface area contributed by atoms with Gasteiger partial charge in [0.25, 0.3) is 0 Å². The minimum atomic E-state index is -1.02. The summed E-state index contributed by atoms with van der Waals surface area (Å²) in [6, 6.07) is 4.82. The Morgan fingerprint density at radius 1 is 1.38 bits per heavy atom.